The molecule has 0 saturated carbocycles. The second-order valence-corrected chi connectivity index (χ2v) is 6.61. The Hall–Kier alpha value is -2.40. The number of amides is 1. The lowest BCUT2D eigenvalue weighted by molar-refractivity contribution is -0.117. The average molecular weight is 341 g/mol. The van der Waals surface area contributed by atoms with Gasteiger partial charge in [-0.1, -0.05) is 12.1 Å². The fraction of sp³-hybridized carbons (Fsp3) is 0.350. The molecule has 4 nitrogen and oxygen atoms in total. The van der Waals surface area contributed by atoms with Crippen LogP contribution >= 0.6 is 0 Å². The molecule has 0 atom stereocenters. The fourth-order valence-electron chi connectivity index (χ4n) is 3.08. The average Bonchev–Trinajstić information content (AvgIpc) is 2.59. The SMILES string of the molecule is Cc1ccc(C)c(NC(=O)CN2CCN(c3ccc(F)cc3)CC2)c1. The summed E-state index contributed by atoms with van der Waals surface area (Å²) in [5.41, 5.74) is 4.12. The third kappa shape index (κ3) is 4.57. The topological polar surface area (TPSA) is 35.6 Å². The molecule has 132 valence electrons. The standard InChI is InChI=1S/C20H24FN3O/c1-15-3-4-16(2)19(13-15)22-20(25)14-23-9-11-24(12-10-23)18-7-5-17(21)6-8-18/h3-8,13H,9-12,14H2,1-2H3,(H,22,25). The van der Waals surface area contributed by atoms with Crippen molar-refractivity contribution in [3.8, 4) is 0 Å². The third-order valence-corrected chi connectivity index (χ3v) is 4.60. The second-order valence-electron chi connectivity index (χ2n) is 6.61. The number of hydrogen-bond acceptors (Lipinski definition) is 3. The van der Waals surface area contributed by atoms with Crippen molar-refractivity contribution in [1.82, 2.24) is 4.90 Å². The Bertz CT molecular complexity index is 737. The molecule has 1 saturated heterocycles. The highest BCUT2D eigenvalue weighted by Crippen LogP contribution is 2.18. The normalized spacial score (nSPS) is 15.2. The number of carbonyl (C=O) groups is 1. The van der Waals surface area contributed by atoms with Crippen LogP contribution in [0.2, 0.25) is 0 Å². The molecule has 1 fully saturated rings. The molecule has 3 rings (SSSR count). The Morgan fingerprint density at radius 3 is 2.40 bits per heavy atom. The predicted molar refractivity (Wildman–Crippen MR) is 99.6 cm³/mol. The first-order valence-electron chi connectivity index (χ1n) is 8.61. The molecule has 1 aliphatic rings. The van der Waals surface area contributed by atoms with E-state index in [1.165, 1.54) is 12.1 Å². The summed E-state index contributed by atoms with van der Waals surface area (Å²) in [5.74, 6) is -0.200. The monoisotopic (exact) mass is 341 g/mol. The third-order valence-electron chi connectivity index (χ3n) is 4.60. The van der Waals surface area contributed by atoms with Gasteiger partial charge in [-0.3, -0.25) is 9.69 Å². The van der Waals surface area contributed by atoms with Crippen molar-refractivity contribution in [2.45, 2.75) is 13.8 Å². The number of piperazine rings is 1. The molecule has 25 heavy (non-hydrogen) atoms. The highest BCUT2D eigenvalue weighted by molar-refractivity contribution is 5.93. The molecule has 2 aromatic rings. The van der Waals surface area contributed by atoms with Gasteiger partial charge in [0.05, 0.1) is 6.54 Å². The number of anilines is 2. The minimum atomic E-state index is -0.217. The summed E-state index contributed by atoms with van der Waals surface area (Å²) in [4.78, 5) is 16.7. The van der Waals surface area contributed by atoms with Crippen LogP contribution < -0.4 is 10.2 Å². The first-order chi connectivity index (χ1) is 12.0. The van der Waals surface area contributed by atoms with Gasteiger partial charge >= 0.3 is 0 Å². The minimum absolute atomic E-state index is 0.0175. The maximum Gasteiger partial charge on any atom is 0.238 e. The molecule has 1 aliphatic heterocycles. The molecule has 0 aromatic heterocycles. The van der Waals surface area contributed by atoms with Crippen molar-refractivity contribution < 1.29 is 9.18 Å². The van der Waals surface area contributed by atoms with Crippen molar-refractivity contribution in [1.29, 1.82) is 0 Å². The van der Waals surface area contributed by atoms with Crippen molar-refractivity contribution in [3.63, 3.8) is 0 Å². The van der Waals surface area contributed by atoms with Crippen LogP contribution in [0.4, 0.5) is 15.8 Å². The number of nitrogens with one attached hydrogen (secondary N) is 1. The summed E-state index contributed by atoms with van der Waals surface area (Å²) in [6, 6.07) is 12.6. The number of halogens is 1. The highest BCUT2D eigenvalue weighted by Gasteiger charge is 2.19. The van der Waals surface area contributed by atoms with Crippen LogP contribution in [0, 0.1) is 19.7 Å². The smallest absolute Gasteiger partial charge is 0.238 e. The van der Waals surface area contributed by atoms with Gasteiger partial charge in [0.1, 0.15) is 5.82 Å². The minimum Gasteiger partial charge on any atom is -0.369 e. The maximum absolute atomic E-state index is 13.0. The van der Waals surface area contributed by atoms with Crippen LogP contribution in [0.3, 0.4) is 0 Å². The molecule has 5 heteroatoms. The molecule has 1 heterocycles. The van der Waals surface area contributed by atoms with Crippen LogP contribution in [0.25, 0.3) is 0 Å². The predicted octanol–water partition coefficient (Wildman–Crippen LogP) is 3.20. The highest BCUT2D eigenvalue weighted by atomic mass is 19.1. The van der Waals surface area contributed by atoms with Crippen LogP contribution in [0.15, 0.2) is 42.5 Å². The van der Waals surface area contributed by atoms with E-state index in [1.807, 2.05) is 32.0 Å². The van der Waals surface area contributed by atoms with Crippen LogP contribution in [-0.4, -0.2) is 43.5 Å². The number of rotatable bonds is 4. The quantitative estimate of drug-likeness (QED) is 0.928. The molecule has 0 radical (unpaired) electrons. The Balaban J connectivity index is 1.51. The Kier molecular flexibility index (Phi) is 5.34. The van der Waals surface area contributed by atoms with Gasteiger partial charge in [0.25, 0.3) is 0 Å². The van der Waals surface area contributed by atoms with Crippen LogP contribution in [0.1, 0.15) is 11.1 Å². The lowest BCUT2D eigenvalue weighted by Gasteiger charge is -2.35. The van der Waals surface area contributed by atoms with E-state index in [-0.39, 0.29) is 11.7 Å². The van der Waals surface area contributed by atoms with Gasteiger partial charge in [0.2, 0.25) is 5.91 Å². The molecule has 2 aromatic carbocycles. The van der Waals surface area contributed by atoms with E-state index in [4.69, 9.17) is 0 Å². The van der Waals surface area contributed by atoms with Crippen molar-refractivity contribution in [2.24, 2.45) is 0 Å². The summed E-state index contributed by atoms with van der Waals surface area (Å²) in [5, 5.41) is 3.01. The summed E-state index contributed by atoms with van der Waals surface area (Å²) >= 11 is 0. The van der Waals surface area contributed by atoms with Gasteiger partial charge in [0, 0.05) is 37.6 Å². The summed E-state index contributed by atoms with van der Waals surface area (Å²) in [7, 11) is 0. The number of aryl methyl sites for hydroxylation is 2. The summed E-state index contributed by atoms with van der Waals surface area (Å²) in [6.07, 6.45) is 0. The van der Waals surface area contributed by atoms with E-state index in [2.05, 4.69) is 15.1 Å². The van der Waals surface area contributed by atoms with Crippen molar-refractivity contribution >= 4 is 17.3 Å². The summed E-state index contributed by atoms with van der Waals surface area (Å²) < 4.78 is 13.0. The molecule has 0 spiro atoms. The molecule has 0 aliphatic carbocycles. The van der Waals surface area contributed by atoms with Crippen molar-refractivity contribution in [2.75, 3.05) is 42.9 Å². The van der Waals surface area contributed by atoms with Gasteiger partial charge < -0.3 is 10.2 Å². The largest absolute Gasteiger partial charge is 0.369 e. The number of benzene rings is 2. The van der Waals surface area contributed by atoms with E-state index in [0.717, 1.165) is 48.7 Å². The van der Waals surface area contributed by atoms with Crippen molar-refractivity contribution in [3.05, 3.63) is 59.4 Å². The number of nitrogens with zero attached hydrogens (tertiary/aromatic N) is 2. The lowest BCUT2D eigenvalue weighted by atomic mass is 10.1. The van der Waals surface area contributed by atoms with Crippen LogP contribution in [-0.2, 0) is 4.79 Å². The zero-order chi connectivity index (χ0) is 17.8. The molecule has 0 bridgehead atoms. The molecular weight excluding hydrogens is 317 g/mol. The maximum atomic E-state index is 13.0. The zero-order valence-corrected chi connectivity index (χ0v) is 14.8. The van der Waals surface area contributed by atoms with E-state index in [1.54, 1.807) is 12.1 Å². The first-order valence-corrected chi connectivity index (χ1v) is 8.61. The molecular formula is C20H24FN3O. The van der Waals surface area contributed by atoms with Gasteiger partial charge in [-0.15, -0.1) is 0 Å². The van der Waals surface area contributed by atoms with E-state index >= 15 is 0 Å². The Morgan fingerprint density at radius 2 is 1.72 bits per heavy atom. The van der Waals surface area contributed by atoms with Gasteiger partial charge in [-0.05, 0) is 55.3 Å². The Labute approximate surface area is 148 Å². The number of hydrogen-bond donors (Lipinski definition) is 1. The van der Waals surface area contributed by atoms with Gasteiger partial charge in [0.15, 0.2) is 0 Å². The van der Waals surface area contributed by atoms with E-state index in [9.17, 15) is 9.18 Å². The molecule has 1 amide bonds. The summed E-state index contributed by atoms with van der Waals surface area (Å²) in [6.45, 7) is 7.71. The molecule has 1 N–H and O–H groups in total. The lowest BCUT2D eigenvalue weighted by Crippen LogP contribution is -2.48. The van der Waals surface area contributed by atoms with E-state index < -0.39 is 0 Å². The second kappa shape index (κ2) is 7.66. The zero-order valence-electron chi connectivity index (χ0n) is 14.8. The first kappa shape index (κ1) is 17.4. The van der Waals surface area contributed by atoms with Gasteiger partial charge in [-0.2, -0.15) is 0 Å². The number of carbonyl (C=O) groups excluding carboxylic acids is 1. The Morgan fingerprint density at radius 1 is 1.04 bits per heavy atom. The van der Waals surface area contributed by atoms with E-state index in [0.29, 0.717) is 6.54 Å². The fourth-order valence-corrected chi connectivity index (χ4v) is 3.08. The van der Waals surface area contributed by atoms with Crippen LogP contribution in [0.5, 0.6) is 0 Å². The molecule has 0 unspecified atom stereocenters. The van der Waals surface area contributed by atoms with Gasteiger partial charge in [-0.25, -0.2) is 4.39 Å².